The molecule has 0 saturated carbocycles. The van der Waals surface area contributed by atoms with Crippen LogP contribution in [0.2, 0.25) is 0 Å². The predicted octanol–water partition coefficient (Wildman–Crippen LogP) is 6.78. The number of rotatable bonds is 6. The third kappa shape index (κ3) is 5.90. The predicted molar refractivity (Wildman–Crippen MR) is 135 cm³/mol. The van der Waals surface area contributed by atoms with Crippen LogP contribution in [0.4, 0.5) is 0 Å². The molecule has 1 heterocycles. The van der Waals surface area contributed by atoms with Gasteiger partial charge in [-0.15, -0.1) is 0 Å². The molecule has 0 radical (unpaired) electrons. The van der Waals surface area contributed by atoms with Gasteiger partial charge in [-0.3, -0.25) is 4.98 Å². The fraction of sp³-hybridized carbons (Fsp3) is 0.200. The molecule has 4 nitrogen and oxygen atoms in total. The Morgan fingerprint density at radius 3 is 2.26 bits per heavy atom. The number of carbonyl (C=O) groups excluding carboxylic acids is 1. The lowest BCUT2D eigenvalue weighted by atomic mass is 9.87. The van der Waals surface area contributed by atoms with Crippen LogP contribution in [0.5, 0.6) is 5.75 Å². The number of nitrogens with zero attached hydrogens (tertiary/aromatic N) is 1. The van der Waals surface area contributed by atoms with Crippen molar-refractivity contribution < 1.29 is 14.6 Å². The number of hydrogen-bond donors (Lipinski definition) is 1. The van der Waals surface area contributed by atoms with Crippen molar-refractivity contribution >= 4 is 5.97 Å². The van der Waals surface area contributed by atoms with Crippen molar-refractivity contribution in [3.8, 4) is 16.9 Å². The van der Waals surface area contributed by atoms with Crippen LogP contribution in [-0.4, -0.2) is 21.7 Å². The van der Waals surface area contributed by atoms with Crippen LogP contribution in [0.15, 0.2) is 97.2 Å². The molecule has 4 rings (SSSR count). The van der Waals surface area contributed by atoms with Gasteiger partial charge < -0.3 is 9.84 Å². The van der Waals surface area contributed by atoms with E-state index in [1.165, 1.54) is 11.8 Å². The largest absolute Gasteiger partial charge is 0.506 e. The summed E-state index contributed by atoms with van der Waals surface area (Å²) >= 11 is 0. The van der Waals surface area contributed by atoms with Gasteiger partial charge in [0, 0.05) is 11.6 Å². The Hall–Kier alpha value is -3.92. The summed E-state index contributed by atoms with van der Waals surface area (Å²) in [6.07, 6.45) is 2.27. The van der Waals surface area contributed by atoms with Gasteiger partial charge in [0.15, 0.2) is 0 Å². The molecule has 1 atom stereocenters. The van der Waals surface area contributed by atoms with E-state index in [0.29, 0.717) is 5.56 Å². The van der Waals surface area contributed by atoms with E-state index < -0.39 is 5.60 Å². The first-order chi connectivity index (χ1) is 16.3. The van der Waals surface area contributed by atoms with Gasteiger partial charge in [0.2, 0.25) is 0 Å². The first kappa shape index (κ1) is 23.2. The lowest BCUT2D eigenvalue weighted by Gasteiger charge is -2.20. The Morgan fingerprint density at radius 2 is 1.59 bits per heavy atom. The highest BCUT2D eigenvalue weighted by Crippen LogP contribution is 2.31. The molecule has 0 fully saturated rings. The normalized spacial score (nSPS) is 12.2. The third-order valence-corrected chi connectivity index (χ3v) is 5.53. The molecule has 0 saturated heterocycles. The molecule has 1 aromatic heterocycles. The van der Waals surface area contributed by atoms with Gasteiger partial charge in [-0.2, -0.15) is 0 Å². The van der Waals surface area contributed by atoms with Gasteiger partial charge in [0.05, 0.1) is 11.8 Å². The van der Waals surface area contributed by atoms with Gasteiger partial charge in [-0.1, -0.05) is 66.7 Å². The zero-order valence-electron chi connectivity index (χ0n) is 19.7. The minimum Gasteiger partial charge on any atom is -0.506 e. The SMILES string of the molecule is CC(C)(C)OC(=O)c1cccc(-c2cccc(C(Cc3ccccc3)c3ccc(O)cn3)c2)c1. The van der Waals surface area contributed by atoms with Crippen LogP contribution < -0.4 is 0 Å². The molecular weight excluding hydrogens is 422 g/mol. The zero-order chi connectivity index (χ0) is 24.1. The number of hydrogen-bond acceptors (Lipinski definition) is 4. The summed E-state index contributed by atoms with van der Waals surface area (Å²) in [5.41, 5.74) is 5.15. The second kappa shape index (κ2) is 9.92. The monoisotopic (exact) mass is 451 g/mol. The summed E-state index contributed by atoms with van der Waals surface area (Å²) in [7, 11) is 0. The molecule has 1 unspecified atom stereocenters. The molecule has 0 bridgehead atoms. The molecule has 172 valence electrons. The number of carbonyl (C=O) groups is 1. The number of pyridine rings is 1. The van der Waals surface area contributed by atoms with E-state index >= 15 is 0 Å². The van der Waals surface area contributed by atoms with Crippen LogP contribution in [0.1, 0.15) is 53.9 Å². The van der Waals surface area contributed by atoms with Crippen molar-refractivity contribution in [2.75, 3.05) is 0 Å². The van der Waals surface area contributed by atoms with E-state index in [4.69, 9.17) is 4.74 Å². The fourth-order valence-electron chi connectivity index (χ4n) is 3.94. The Labute approximate surface area is 200 Å². The van der Waals surface area contributed by atoms with E-state index in [-0.39, 0.29) is 17.6 Å². The van der Waals surface area contributed by atoms with Crippen molar-refractivity contribution in [1.29, 1.82) is 0 Å². The third-order valence-electron chi connectivity index (χ3n) is 5.53. The van der Waals surface area contributed by atoms with E-state index in [1.807, 2.05) is 75.4 Å². The topological polar surface area (TPSA) is 59.4 Å². The quantitative estimate of drug-likeness (QED) is 0.328. The smallest absolute Gasteiger partial charge is 0.338 e. The zero-order valence-corrected chi connectivity index (χ0v) is 19.7. The van der Waals surface area contributed by atoms with Crippen LogP contribution in [-0.2, 0) is 11.2 Å². The van der Waals surface area contributed by atoms with Gasteiger partial charge in [0.1, 0.15) is 11.4 Å². The lowest BCUT2D eigenvalue weighted by Crippen LogP contribution is -2.23. The highest BCUT2D eigenvalue weighted by molar-refractivity contribution is 5.91. The summed E-state index contributed by atoms with van der Waals surface area (Å²) in [6.45, 7) is 5.59. The van der Waals surface area contributed by atoms with Crippen LogP contribution in [0.25, 0.3) is 11.1 Å². The Balaban J connectivity index is 1.69. The van der Waals surface area contributed by atoms with E-state index in [1.54, 1.807) is 12.1 Å². The average molecular weight is 452 g/mol. The fourth-order valence-corrected chi connectivity index (χ4v) is 3.94. The Bertz CT molecular complexity index is 1260. The highest BCUT2D eigenvalue weighted by Gasteiger charge is 2.20. The van der Waals surface area contributed by atoms with Crippen molar-refractivity contribution in [3.05, 3.63) is 120 Å². The molecule has 0 aliphatic heterocycles. The molecule has 4 heteroatoms. The molecule has 34 heavy (non-hydrogen) atoms. The van der Waals surface area contributed by atoms with Crippen molar-refractivity contribution in [3.63, 3.8) is 0 Å². The summed E-state index contributed by atoms with van der Waals surface area (Å²) < 4.78 is 5.54. The van der Waals surface area contributed by atoms with E-state index in [0.717, 1.165) is 28.8 Å². The van der Waals surface area contributed by atoms with Gasteiger partial charge in [-0.05, 0) is 73.7 Å². The number of aromatic nitrogens is 1. The number of benzene rings is 3. The average Bonchev–Trinajstić information content (AvgIpc) is 2.83. The molecule has 0 aliphatic carbocycles. The first-order valence-corrected chi connectivity index (χ1v) is 11.4. The van der Waals surface area contributed by atoms with E-state index in [2.05, 4.69) is 29.2 Å². The standard InChI is InChI=1S/C30H29NO3/c1-30(2,3)34-29(33)25-14-8-12-23(19-25)22-11-7-13-24(18-22)27(17-21-9-5-4-6-10-21)28-16-15-26(32)20-31-28/h4-16,18-20,27,32H,17H2,1-3H3. The molecule has 1 N–H and O–H groups in total. The summed E-state index contributed by atoms with van der Waals surface area (Å²) in [4.78, 5) is 17.1. The van der Waals surface area contributed by atoms with Crippen molar-refractivity contribution in [1.82, 2.24) is 4.98 Å². The maximum atomic E-state index is 12.6. The summed E-state index contributed by atoms with van der Waals surface area (Å²) in [5.74, 6) is -0.173. The maximum Gasteiger partial charge on any atom is 0.338 e. The van der Waals surface area contributed by atoms with Gasteiger partial charge in [-0.25, -0.2) is 4.79 Å². The lowest BCUT2D eigenvalue weighted by molar-refractivity contribution is 0.00695. The second-order valence-corrected chi connectivity index (χ2v) is 9.39. The maximum absolute atomic E-state index is 12.6. The van der Waals surface area contributed by atoms with Crippen LogP contribution >= 0.6 is 0 Å². The molecular formula is C30H29NO3. The minimum absolute atomic E-state index is 0.0111. The Kier molecular flexibility index (Phi) is 6.78. The molecule has 3 aromatic carbocycles. The van der Waals surface area contributed by atoms with Crippen molar-refractivity contribution in [2.45, 2.75) is 38.7 Å². The first-order valence-electron chi connectivity index (χ1n) is 11.4. The van der Waals surface area contributed by atoms with Crippen LogP contribution in [0.3, 0.4) is 0 Å². The second-order valence-electron chi connectivity index (χ2n) is 9.39. The molecule has 0 aliphatic rings. The van der Waals surface area contributed by atoms with Crippen molar-refractivity contribution in [2.24, 2.45) is 0 Å². The van der Waals surface area contributed by atoms with Crippen LogP contribution in [0, 0.1) is 0 Å². The van der Waals surface area contributed by atoms with Gasteiger partial charge in [0.25, 0.3) is 0 Å². The molecule has 0 spiro atoms. The Morgan fingerprint density at radius 1 is 0.882 bits per heavy atom. The van der Waals surface area contributed by atoms with E-state index in [9.17, 15) is 9.90 Å². The minimum atomic E-state index is -0.547. The molecule has 4 aromatic rings. The summed E-state index contributed by atoms with van der Waals surface area (Å²) in [5, 5.41) is 9.73. The number of ether oxygens (including phenoxy) is 1. The number of esters is 1. The summed E-state index contributed by atoms with van der Waals surface area (Å²) in [6, 6.07) is 29.7. The number of aromatic hydroxyl groups is 1. The van der Waals surface area contributed by atoms with Gasteiger partial charge >= 0.3 is 5.97 Å². The highest BCUT2D eigenvalue weighted by atomic mass is 16.6. The molecule has 0 amide bonds.